The average Bonchev–Trinajstić information content (AvgIpc) is 2.75. The Balaban J connectivity index is 1.92. The van der Waals surface area contributed by atoms with Crippen molar-refractivity contribution >= 4 is 5.97 Å². The maximum Gasteiger partial charge on any atom is 0.308 e. The van der Waals surface area contributed by atoms with Crippen LogP contribution in [-0.2, 0) is 9.53 Å². The van der Waals surface area contributed by atoms with Gasteiger partial charge in [0.2, 0.25) is 5.89 Å². The Morgan fingerprint density at radius 2 is 2.06 bits per heavy atom. The first kappa shape index (κ1) is 11.1. The lowest BCUT2D eigenvalue weighted by Crippen LogP contribution is -2.22. The van der Waals surface area contributed by atoms with Crippen molar-refractivity contribution in [2.75, 3.05) is 7.11 Å². The number of methoxy groups -OCH3 is 1. The third-order valence-corrected chi connectivity index (χ3v) is 3.15. The number of carbonyl (C=O) groups is 1. The second-order valence-electron chi connectivity index (χ2n) is 4.25. The summed E-state index contributed by atoms with van der Waals surface area (Å²) in [6, 6.07) is 0. The molecule has 5 heteroatoms. The molecule has 0 spiro atoms. The Morgan fingerprint density at radius 3 is 2.56 bits per heavy atom. The molecule has 1 fully saturated rings. The molecule has 16 heavy (non-hydrogen) atoms. The zero-order valence-corrected chi connectivity index (χ0v) is 9.60. The number of aryl methyl sites for hydroxylation is 1. The average molecular weight is 224 g/mol. The summed E-state index contributed by atoms with van der Waals surface area (Å²) in [7, 11) is 1.44. The molecule has 1 aromatic heterocycles. The Bertz CT molecular complexity index is 367. The zero-order chi connectivity index (χ0) is 11.5. The molecule has 5 nitrogen and oxygen atoms in total. The van der Waals surface area contributed by atoms with Crippen LogP contribution in [0.25, 0.3) is 0 Å². The van der Waals surface area contributed by atoms with E-state index in [0.29, 0.717) is 17.6 Å². The van der Waals surface area contributed by atoms with Gasteiger partial charge < -0.3 is 9.26 Å². The van der Waals surface area contributed by atoms with Crippen molar-refractivity contribution in [2.45, 2.75) is 38.5 Å². The highest BCUT2D eigenvalue weighted by Crippen LogP contribution is 2.35. The summed E-state index contributed by atoms with van der Waals surface area (Å²) < 4.78 is 9.89. The van der Waals surface area contributed by atoms with Gasteiger partial charge in [0, 0.05) is 5.92 Å². The molecule has 1 heterocycles. The first-order chi connectivity index (χ1) is 7.70. The predicted molar refractivity (Wildman–Crippen MR) is 55.8 cm³/mol. The summed E-state index contributed by atoms with van der Waals surface area (Å²) in [6.07, 6.45) is 3.53. The number of ether oxygens (including phenoxy) is 1. The monoisotopic (exact) mass is 224 g/mol. The lowest BCUT2D eigenvalue weighted by molar-refractivity contribution is -0.146. The summed E-state index contributed by atoms with van der Waals surface area (Å²) >= 11 is 0. The Hall–Kier alpha value is -1.39. The minimum Gasteiger partial charge on any atom is -0.469 e. The molecule has 88 valence electrons. The molecule has 0 radical (unpaired) electrons. The Labute approximate surface area is 94.2 Å². The largest absolute Gasteiger partial charge is 0.469 e. The SMILES string of the molecule is COC(=O)[C@H]1CC[C@H](c2nc(C)no2)CC1. The van der Waals surface area contributed by atoms with Gasteiger partial charge in [0.1, 0.15) is 0 Å². The molecule has 1 aliphatic rings. The summed E-state index contributed by atoms with van der Waals surface area (Å²) in [6.45, 7) is 1.81. The van der Waals surface area contributed by atoms with E-state index in [9.17, 15) is 4.79 Å². The molecular weight excluding hydrogens is 208 g/mol. The van der Waals surface area contributed by atoms with E-state index in [4.69, 9.17) is 9.26 Å². The molecule has 0 unspecified atom stereocenters. The van der Waals surface area contributed by atoms with Gasteiger partial charge in [0.25, 0.3) is 0 Å². The number of aromatic nitrogens is 2. The maximum absolute atomic E-state index is 11.3. The van der Waals surface area contributed by atoms with Crippen LogP contribution in [0.4, 0.5) is 0 Å². The molecule has 0 amide bonds. The van der Waals surface area contributed by atoms with Gasteiger partial charge >= 0.3 is 5.97 Å². The molecule has 0 bridgehead atoms. The number of rotatable bonds is 2. The fraction of sp³-hybridized carbons (Fsp3) is 0.727. The number of hydrogen-bond acceptors (Lipinski definition) is 5. The van der Waals surface area contributed by atoms with Crippen molar-refractivity contribution in [1.82, 2.24) is 10.1 Å². The smallest absolute Gasteiger partial charge is 0.308 e. The van der Waals surface area contributed by atoms with Crippen LogP contribution in [0.15, 0.2) is 4.52 Å². The van der Waals surface area contributed by atoms with Crippen LogP contribution in [0.3, 0.4) is 0 Å². The van der Waals surface area contributed by atoms with Gasteiger partial charge in [0.15, 0.2) is 5.82 Å². The second kappa shape index (κ2) is 4.63. The van der Waals surface area contributed by atoms with Crippen molar-refractivity contribution in [2.24, 2.45) is 5.92 Å². The van der Waals surface area contributed by atoms with Gasteiger partial charge in [-0.05, 0) is 32.6 Å². The zero-order valence-electron chi connectivity index (χ0n) is 9.60. The van der Waals surface area contributed by atoms with Gasteiger partial charge in [-0.2, -0.15) is 4.98 Å². The first-order valence-electron chi connectivity index (χ1n) is 5.58. The number of hydrogen-bond donors (Lipinski definition) is 0. The number of esters is 1. The molecule has 0 aromatic carbocycles. The highest BCUT2D eigenvalue weighted by Gasteiger charge is 2.30. The molecule has 0 N–H and O–H groups in total. The van der Waals surface area contributed by atoms with Crippen LogP contribution in [0.1, 0.15) is 43.3 Å². The summed E-state index contributed by atoms with van der Waals surface area (Å²) in [4.78, 5) is 15.6. The molecule has 1 aromatic rings. The van der Waals surface area contributed by atoms with Crippen molar-refractivity contribution < 1.29 is 14.1 Å². The van der Waals surface area contributed by atoms with Crippen LogP contribution < -0.4 is 0 Å². The molecule has 1 aliphatic carbocycles. The molecule has 2 rings (SSSR count). The normalized spacial score (nSPS) is 25.4. The minimum atomic E-state index is -0.0971. The van der Waals surface area contributed by atoms with Gasteiger partial charge in [0.05, 0.1) is 13.0 Å². The third-order valence-electron chi connectivity index (χ3n) is 3.15. The predicted octanol–water partition coefficient (Wildman–Crippen LogP) is 1.82. The van der Waals surface area contributed by atoms with Gasteiger partial charge in [-0.3, -0.25) is 4.79 Å². The van der Waals surface area contributed by atoms with E-state index in [2.05, 4.69) is 10.1 Å². The van der Waals surface area contributed by atoms with Crippen molar-refractivity contribution in [3.05, 3.63) is 11.7 Å². The molecule has 0 atom stereocenters. The van der Waals surface area contributed by atoms with E-state index < -0.39 is 0 Å². The van der Waals surface area contributed by atoms with Crippen molar-refractivity contribution in [3.8, 4) is 0 Å². The van der Waals surface area contributed by atoms with E-state index in [0.717, 1.165) is 25.7 Å². The highest BCUT2D eigenvalue weighted by molar-refractivity contribution is 5.72. The van der Waals surface area contributed by atoms with Crippen LogP contribution in [0, 0.1) is 12.8 Å². The standard InChI is InChI=1S/C11H16N2O3/c1-7-12-10(16-13-7)8-3-5-9(6-4-8)11(14)15-2/h8-9H,3-6H2,1-2H3/t8-,9-. The Morgan fingerprint density at radius 1 is 1.38 bits per heavy atom. The third kappa shape index (κ3) is 2.23. The van der Waals surface area contributed by atoms with Crippen LogP contribution in [0.2, 0.25) is 0 Å². The minimum absolute atomic E-state index is 0.0465. The molecule has 1 saturated carbocycles. The van der Waals surface area contributed by atoms with Crippen molar-refractivity contribution in [1.29, 1.82) is 0 Å². The van der Waals surface area contributed by atoms with E-state index in [1.54, 1.807) is 0 Å². The highest BCUT2D eigenvalue weighted by atomic mass is 16.5. The van der Waals surface area contributed by atoms with E-state index in [1.165, 1.54) is 7.11 Å². The fourth-order valence-corrected chi connectivity index (χ4v) is 2.22. The Kier molecular flexibility index (Phi) is 3.22. The molecular formula is C11H16N2O3. The number of nitrogens with zero attached hydrogens (tertiary/aromatic N) is 2. The second-order valence-corrected chi connectivity index (χ2v) is 4.25. The topological polar surface area (TPSA) is 65.2 Å². The van der Waals surface area contributed by atoms with Crippen LogP contribution in [0.5, 0.6) is 0 Å². The van der Waals surface area contributed by atoms with Crippen LogP contribution in [-0.4, -0.2) is 23.2 Å². The molecule has 0 aliphatic heterocycles. The molecule has 0 saturated heterocycles. The summed E-state index contributed by atoms with van der Waals surface area (Å²) in [5.41, 5.74) is 0. The van der Waals surface area contributed by atoms with E-state index in [-0.39, 0.29) is 11.9 Å². The van der Waals surface area contributed by atoms with Gasteiger partial charge in [-0.25, -0.2) is 0 Å². The first-order valence-corrected chi connectivity index (χ1v) is 5.58. The van der Waals surface area contributed by atoms with E-state index >= 15 is 0 Å². The van der Waals surface area contributed by atoms with E-state index in [1.807, 2.05) is 6.92 Å². The number of carbonyl (C=O) groups excluding carboxylic acids is 1. The lowest BCUT2D eigenvalue weighted by Gasteiger charge is -2.24. The quantitative estimate of drug-likeness (QED) is 0.717. The van der Waals surface area contributed by atoms with Gasteiger partial charge in [-0.1, -0.05) is 5.16 Å². The summed E-state index contributed by atoms with van der Waals surface area (Å²) in [5.74, 6) is 1.64. The van der Waals surface area contributed by atoms with Crippen LogP contribution >= 0.6 is 0 Å². The van der Waals surface area contributed by atoms with Crippen molar-refractivity contribution in [3.63, 3.8) is 0 Å². The summed E-state index contributed by atoms with van der Waals surface area (Å²) in [5, 5.41) is 3.78. The fourth-order valence-electron chi connectivity index (χ4n) is 2.22. The lowest BCUT2D eigenvalue weighted by atomic mass is 9.82. The maximum atomic E-state index is 11.3. The van der Waals surface area contributed by atoms with Gasteiger partial charge in [-0.15, -0.1) is 0 Å².